The molecule has 0 saturated carbocycles. The standard InChI is InChI=1S/C31H21NO2/c32-31(33)34-17-18-8-7-15-23-22-12-4-6-14-25(22)30-27(28(18)23)16-26-21-11-2-1-9-19(21)20-10-3-5-13-24(20)29(26)30/h1-15H,16-17H2,(H2,32,33). The van der Waals surface area contributed by atoms with Gasteiger partial charge >= 0.3 is 6.09 Å². The zero-order chi connectivity index (χ0) is 22.8. The third kappa shape index (κ3) is 2.55. The smallest absolute Gasteiger partial charge is 0.404 e. The number of rotatable bonds is 2. The van der Waals surface area contributed by atoms with E-state index in [4.69, 9.17) is 10.5 Å². The Hall–Kier alpha value is -4.37. The predicted octanol–water partition coefficient (Wildman–Crippen LogP) is 7.47. The van der Waals surface area contributed by atoms with E-state index in [1.54, 1.807) is 0 Å². The molecule has 0 aromatic heterocycles. The molecule has 0 atom stereocenters. The van der Waals surface area contributed by atoms with Crippen molar-refractivity contribution in [1.82, 2.24) is 0 Å². The van der Waals surface area contributed by atoms with Crippen LogP contribution >= 0.6 is 0 Å². The van der Waals surface area contributed by atoms with Crippen molar-refractivity contribution in [3.8, 4) is 11.1 Å². The largest absolute Gasteiger partial charge is 0.445 e. The fourth-order valence-corrected chi connectivity index (χ4v) is 6.00. The van der Waals surface area contributed by atoms with E-state index in [2.05, 4.69) is 78.9 Å². The quantitative estimate of drug-likeness (QED) is 0.284. The van der Waals surface area contributed by atoms with Gasteiger partial charge in [-0.2, -0.15) is 0 Å². The topological polar surface area (TPSA) is 52.3 Å². The molecule has 0 heterocycles. The molecule has 162 valence electrons. The molecule has 3 heteroatoms. The average Bonchev–Trinajstić information content (AvgIpc) is 3.29. The van der Waals surface area contributed by atoms with Gasteiger partial charge in [0, 0.05) is 0 Å². The van der Waals surface area contributed by atoms with Crippen molar-refractivity contribution in [2.24, 2.45) is 5.73 Å². The summed E-state index contributed by atoms with van der Waals surface area (Å²) >= 11 is 0. The van der Waals surface area contributed by atoms with E-state index in [0.717, 1.165) is 12.0 Å². The highest BCUT2D eigenvalue weighted by atomic mass is 16.5. The average molecular weight is 440 g/mol. The summed E-state index contributed by atoms with van der Waals surface area (Å²) in [4.78, 5) is 11.4. The Labute approximate surface area is 196 Å². The maximum Gasteiger partial charge on any atom is 0.404 e. The minimum atomic E-state index is -0.755. The molecule has 1 amide bonds. The number of carbonyl (C=O) groups is 1. The van der Waals surface area contributed by atoms with Gasteiger partial charge in [0.2, 0.25) is 0 Å². The number of fused-ring (bicyclic) bond motifs is 13. The molecule has 0 spiro atoms. The van der Waals surface area contributed by atoms with E-state index in [0.29, 0.717) is 0 Å². The van der Waals surface area contributed by atoms with Crippen molar-refractivity contribution in [2.75, 3.05) is 0 Å². The predicted molar refractivity (Wildman–Crippen MR) is 139 cm³/mol. The van der Waals surface area contributed by atoms with Gasteiger partial charge in [0.1, 0.15) is 6.61 Å². The van der Waals surface area contributed by atoms with Gasteiger partial charge in [-0.15, -0.1) is 0 Å². The van der Waals surface area contributed by atoms with Gasteiger partial charge in [-0.1, -0.05) is 91.0 Å². The highest BCUT2D eigenvalue weighted by Crippen LogP contribution is 2.51. The van der Waals surface area contributed by atoms with Crippen LogP contribution in [-0.4, -0.2) is 6.09 Å². The molecule has 0 aliphatic heterocycles. The number of hydrogen-bond donors (Lipinski definition) is 1. The van der Waals surface area contributed by atoms with Crippen molar-refractivity contribution in [3.63, 3.8) is 0 Å². The fourth-order valence-electron chi connectivity index (χ4n) is 6.00. The van der Waals surface area contributed by atoms with E-state index < -0.39 is 6.09 Å². The van der Waals surface area contributed by atoms with Crippen molar-refractivity contribution in [1.29, 1.82) is 0 Å². The Balaban J connectivity index is 1.69. The maximum atomic E-state index is 11.4. The SMILES string of the molecule is NC(=O)OCc1cccc2c1c1c(c3ccccc32)-c2c(c3ccccc3c3ccccc23)C1. The van der Waals surface area contributed by atoms with Crippen molar-refractivity contribution in [2.45, 2.75) is 13.0 Å². The van der Waals surface area contributed by atoms with Crippen LogP contribution in [0, 0.1) is 0 Å². The summed E-state index contributed by atoms with van der Waals surface area (Å²) in [5.41, 5.74) is 11.6. The van der Waals surface area contributed by atoms with Crippen LogP contribution in [-0.2, 0) is 17.8 Å². The van der Waals surface area contributed by atoms with Gasteiger partial charge < -0.3 is 10.5 Å². The normalized spacial score (nSPS) is 12.4. The van der Waals surface area contributed by atoms with E-state index in [-0.39, 0.29) is 6.61 Å². The van der Waals surface area contributed by atoms with E-state index in [1.807, 2.05) is 12.1 Å². The Morgan fingerprint density at radius 2 is 1.12 bits per heavy atom. The minimum Gasteiger partial charge on any atom is -0.445 e. The molecule has 7 rings (SSSR count). The summed E-state index contributed by atoms with van der Waals surface area (Å²) < 4.78 is 5.26. The third-order valence-electron chi connectivity index (χ3n) is 7.25. The Morgan fingerprint density at radius 3 is 1.76 bits per heavy atom. The van der Waals surface area contributed by atoms with Crippen LogP contribution in [0.5, 0.6) is 0 Å². The van der Waals surface area contributed by atoms with Gasteiger partial charge in [0.25, 0.3) is 0 Å². The van der Waals surface area contributed by atoms with E-state index >= 15 is 0 Å². The van der Waals surface area contributed by atoms with Crippen LogP contribution in [0.15, 0.2) is 91.0 Å². The monoisotopic (exact) mass is 439 g/mol. The van der Waals surface area contributed by atoms with Crippen LogP contribution in [0.3, 0.4) is 0 Å². The number of carbonyl (C=O) groups excluding carboxylic acids is 1. The molecule has 0 fully saturated rings. The van der Waals surface area contributed by atoms with Crippen LogP contribution in [0.4, 0.5) is 4.79 Å². The highest BCUT2D eigenvalue weighted by molar-refractivity contribution is 6.25. The van der Waals surface area contributed by atoms with Gasteiger partial charge in [-0.05, 0) is 77.3 Å². The van der Waals surface area contributed by atoms with Gasteiger partial charge in [-0.3, -0.25) is 0 Å². The van der Waals surface area contributed by atoms with Crippen molar-refractivity contribution >= 4 is 49.2 Å². The second-order valence-electron chi connectivity index (χ2n) is 8.97. The molecule has 34 heavy (non-hydrogen) atoms. The number of hydrogen-bond acceptors (Lipinski definition) is 2. The lowest BCUT2D eigenvalue weighted by Crippen LogP contribution is -2.12. The molecule has 3 nitrogen and oxygen atoms in total. The fraction of sp³-hybridized carbons (Fsp3) is 0.0645. The van der Waals surface area contributed by atoms with Crippen LogP contribution in [0.25, 0.3) is 54.2 Å². The Kier molecular flexibility index (Phi) is 3.97. The first-order valence-electron chi connectivity index (χ1n) is 11.5. The first-order valence-corrected chi connectivity index (χ1v) is 11.5. The number of amides is 1. The molecular formula is C31H21NO2. The van der Waals surface area contributed by atoms with Crippen LogP contribution in [0.1, 0.15) is 16.7 Å². The summed E-state index contributed by atoms with van der Waals surface area (Å²) in [5.74, 6) is 0. The lowest BCUT2D eigenvalue weighted by molar-refractivity contribution is 0.150. The number of ether oxygens (including phenoxy) is 1. The Morgan fingerprint density at radius 1 is 0.618 bits per heavy atom. The molecule has 0 unspecified atom stereocenters. The summed E-state index contributed by atoms with van der Waals surface area (Å²) in [6.07, 6.45) is 0.0833. The molecule has 2 N–H and O–H groups in total. The zero-order valence-corrected chi connectivity index (χ0v) is 18.5. The van der Waals surface area contributed by atoms with E-state index in [1.165, 1.54) is 65.3 Å². The van der Waals surface area contributed by atoms with Gasteiger partial charge in [-0.25, -0.2) is 4.79 Å². The number of primary amides is 1. The second kappa shape index (κ2) is 7.06. The van der Waals surface area contributed by atoms with Gasteiger partial charge in [0.15, 0.2) is 0 Å². The maximum absolute atomic E-state index is 11.4. The first kappa shape index (κ1) is 19.1. The molecule has 0 bridgehead atoms. The molecule has 1 aliphatic rings. The third-order valence-corrected chi connectivity index (χ3v) is 7.25. The lowest BCUT2D eigenvalue weighted by Gasteiger charge is -2.16. The summed E-state index contributed by atoms with van der Waals surface area (Å²) in [7, 11) is 0. The Bertz CT molecular complexity index is 1820. The lowest BCUT2D eigenvalue weighted by atomic mass is 9.87. The summed E-state index contributed by atoms with van der Waals surface area (Å²) in [5, 5.41) is 9.97. The zero-order valence-electron chi connectivity index (χ0n) is 18.5. The first-order chi connectivity index (χ1) is 16.7. The van der Waals surface area contributed by atoms with Crippen molar-refractivity contribution < 1.29 is 9.53 Å². The second-order valence-corrected chi connectivity index (χ2v) is 8.97. The molecule has 6 aromatic rings. The number of benzene rings is 6. The molecular weight excluding hydrogens is 418 g/mol. The van der Waals surface area contributed by atoms with Gasteiger partial charge in [0.05, 0.1) is 0 Å². The summed E-state index contributed by atoms with van der Waals surface area (Å²) in [6.45, 7) is 0.162. The molecule has 1 aliphatic carbocycles. The van der Waals surface area contributed by atoms with Crippen molar-refractivity contribution in [3.05, 3.63) is 108 Å². The highest BCUT2D eigenvalue weighted by Gasteiger charge is 2.29. The van der Waals surface area contributed by atoms with E-state index in [9.17, 15) is 4.79 Å². The summed E-state index contributed by atoms with van der Waals surface area (Å²) in [6, 6.07) is 32.3. The molecule has 0 radical (unpaired) electrons. The molecule has 0 saturated heterocycles. The van der Waals surface area contributed by atoms with Crippen LogP contribution in [0.2, 0.25) is 0 Å². The van der Waals surface area contributed by atoms with Crippen LogP contribution < -0.4 is 5.73 Å². The minimum absolute atomic E-state index is 0.162. The molecule has 6 aromatic carbocycles. The number of nitrogens with two attached hydrogens (primary N) is 1.